The second-order valence-electron chi connectivity index (χ2n) is 0.460. The summed E-state index contributed by atoms with van der Waals surface area (Å²) in [6.07, 6.45) is 0. The first kappa shape index (κ1) is 4.54. The Labute approximate surface area is 35.8 Å². The van der Waals surface area contributed by atoms with Crippen LogP contribution in [-0.4, -0.2) is 0 Å². The third kappa shape index (κ3) is 2.54. The first-order valence-corrected chi connectivity index (χ1v) is 1.17. The Morgan fingerprint density at radius 1 is 1.67 bits per heavy atom. The molecule has 0 bridgehead atoms. The Bertz CT molecular complexity index is 139. The van der Waals surface area contributed by atoms with E-state index in [0.717, 1.165) is 0 Å². The fraction of sp³-hybridized carbons (Fsp3) is 0. The first-order chi connectivity index (χ1) is 2.91. The van der Waals surface area contributed by atoms with Gasteiger partial charge in [-0.2, -0.15) is 10.1 Å². The van der Waals surface area contributed by atoms with Crippen molar-refractivity contribution >= 4 is 0 Å². The molecule has 0 atom stereocenters. The maximum Gasteiger partial charge on any atom is 0.148 e. The molecule has 0 saturated carbocycles. The van der Waals surface area contributed by atoms with E-state index in [-0.39, 0.29) is 0 Å². The van der Waals surface area contributed by atoms with Crippen LogP contribution in [0.1, 0.15) is 0 Å². The smallest absolute Gasteiger partial charge is 0.148 e. The van der Waals surface area contributed by atoms with Crippen LogP contribution in [0.3, 0.4) is 0 Å². The molecule has 0 N–H and O–H groups in total. The van der Waals surface area contributed by atoms with Crippen molar-refractivity contribution in [2.24, 2.45) is 0 Å². The second-order valence-corrected chi connectivity index (χ2v) is 0.460. The Morgan fingerprint density at radius 2 is 2.33 bits per heavy atom. The molecule has 0 aromatic rings. The standard InChI is InChI=1S/C4N2/c1-6-4-2-3-5. The average Bonchev–Trinajstić information content (AvgIpc) is 1.61. The molecule has 0 aliphatic heterocycles. The van der Waals surface area contributed by atoms with Crippen LogP contribution in [0, 0.1) is 29.9 Å². The molecule has 0 aromatic carbocycles. The molecule has 0 aliphatic rings. The minimum absolute atomic E-state index is 1.49. The van der Waals surface area contributed by atoms with E-state index in [2.05, 4.69) is 4.85 Å². The van der Waals surface area contributed by atoms with E-state index >= 15 is 0 Å². The fourth-order valence-electron chi connectivity index (χ4n) is 0.0530. The highest BCUT2D eigenvalue weighted by molar-refractivity contribution is 5.19. The molecule has 0 aliphatic carbocycles. The molecule has 2 heteroatoms. The molecule has 0 fully saturated rings. The Morgan fingerprint density at radius 3 is 2.50 bits per heavy atom. The summed E-state index contributed by atoms with van der Waals surface area (Å²) in [4.78, 5) is 2.59. The summed E-state index contributed by atoms with van der Waals surface area (Å²) in [6.45, 7) is 6.01. The zero-order valence-electron chi connectivity index (χ0n) is 2.89. The van der Waals surface area contributed by atoms with Crippen molar-refractivity contribution in [2.45, 2.75) is 0 Å². The molecule has 0 spiro atoms. The predicted molar refractivity (Wildman–Crippen MR) is 20.0 cm³/mol. The third-order valence-electron chi connectivity index (χ3n) is 0.168. The molecular formula is C4N2. The van der Waals surface area contributed by atoms with E-state index in [9.17, 15) is 0 Å². The number of nitrogens with zero attached hydrogens (tertiary/aromatic N) is 2. The number of rotatable bonds is 0. The van der Waals surface area contributed by atoms with Crippen LogP contribution in [0.5, 0.6) is 0 Å². The van der Waals surface area contributed by atoms with Gasteiger partial charge in [0.05, 0.1) is 0 Å². The van der Waals surface area contributed by atoms with Gasteiger partial charge < -0.3 is 0 Å². The highest BCUT2D eigenvalue weighted by Crippen LogP contribution is 1.50. The van der Waals surface area contributed by atoms with E-state index in [1.165, 1.54) is 6.07 Å². The monoisotopic (exact) mass is 76.0 g/mol. The fourth-order valence-corrected chi connectivity index (χ4v) is 0.0530. The van der Waals surface area contributed by atoms with Crippen LogP contribution < -0.4 is 0 Å². The lowest BCUT2D eigenvalue weighted by atomic mass is 10.8. The van der Waals surface area contributed by atoms with Gasteiger partial charge in [-0.25, -0.2) is 0 Å². The maximum absolute atomic E-state index is 7.63. The van der Waals surface area contributed by atoms with Crippen LogP contribution in [0.4, 0.5) is 0 Å². The van der Waals surface area contributed by atoms with Crippen molar-refractivity contribution in [3.63, 3.8) is 0 Å². The molecule has 6 heavy (non-hydrogen) atoms. The molecule has 26 valence electrons. The Balaban J connectivity index is 3.60. The van der Waals surface area contributed by atoms with Crippen LogP contribution in [0.2, 0.25) is 0 Å². The lowest BCUT2D eigenvalue weighted by molar-refractivity contribution is 1.55. The van der Waals surface area contributed by atoms with Gasteiger partial charge >= 0.3 is 0 Å². The summed E-state index contributed by atoms with van der Waals surface area (Å²) in [5.41, 5.74) is 0. The summed E-state index contributed by atoms with van der Waals surface area (Å²) in [5, 5.41) is 7.63. The van der Waals surface area contributed by atoms with Crippen molar-refractivity contribution in [1.29, 1.82) is 5.26 Å². The van der Waals surface area contributed by atoms with Gasteiger partial charge in [-0.05, 0) is 5.92 Å². The van der Waals surface area contributed by atoms with Gasteiger partial charge in [0.1, 0.15) is 18.7 Å². The third-order valence-corrected chi connectivity index (χ3v) is 0.168. The quantitative estimate of drug-likeness (QED) is 0.303. The molecule has 0 radical (unpaired) electrons. The summed E-state index contributed by atoms with van der Waals surface area (Å²) in [7, 11) is 0. The molecule has 2 nitrogen and oxygen atoms in total. The summed E-state index contributed by atoms with van der Waals surface area (Å²) in [5.74, 6) is 1.90. The topological polar surface area (TPSA) is 28.1 Å². The first-order valence-electron chi connectivity index (χ1n) is 1.17. The zero-order chi connectivity index (χ0) is 4.83. The van der Waals surface area contributed by atoms with Crippen molar-refractivity contribution in [1.82, 2.24) is 0 Å². The summed E-state index contributed by atoms with van der Waals surface area (Å²) < 4.78 is 0. The minimum atomic E-state index is 1.49. The number of nitriles is 1. The zero-order valence-corrected chi connectivity index (χ0v) is 2.89. The lowest BCUT2D eigenvalue weighted by Crippen LogP contribution is -1.37. The van der Waals surface area contributed by atoms with E-state index in [0.29, 0.717) is 0 Å². The van der Waals surface area contributed by atoms with Gasteiger partial charge in [0.2, 0.25) is 0 Å². The highest BCUT2D eigenvalue weighted by Gasteiger charge is 1.45. The number of hydrogen-bond acceptors (Lipinski definition) is 1. The average molecular weight is 76.1 g/mol. The van der Waals surface area contributed by atoms with Gasteiger partial charge in [-0.1, -0.05) is 0 Å². The van der Waals surface area contributed by atoms with E-state index in [1.807, 2.05) is 12.0 Å². The predicted octanol–water partition coefficient (Wildman–Crippen LogP) is 0.390. The molecule has 0 saturated heterocycles. The Hall–Kier alpha value is -1.46. The second kappa shape index (κ2) is 3.54. The molecule has 0 amide bonds. The van der Waals surface area contributed by atoms with Crippen LogP contribution >= 0.6 is 0 Å². The van der Waals surface area contributed by atoms with Crippen molar-refractivity contribution < 1.29 is 0 Å². The van der Waals surface area contributed by atoms with Gasteiger partial charge in [-0.3, -0.25) is 0 Å². The Kier molecular flexibility index (Phi) is 2.68. The van der Waals surface area contributed by atoms with Gasteiger partial charge in [0.25, 0.3) is 0 Å². The van der Waals surface area contributed by atoms with Crippen LogP contribution in [0.25, 0.3) is 4.85 Å². The summed E-state index contributed by atoms with van der Waals surface area (Å²) >= 11 is 0. The lowest BCUT2D eigenvalue weighted by Gasteiger charge is -1.41. The van der Waals surface area contributed by atoms with Crippen LogP contribution in [-0.2, 0) is 0 Å². The molecule has 0 rings (SSSR count). The van der Waals surface area contributed by atoms with E-state index in [4.69, 9.17) is 11.8 Å². The van der Waals surface area contributed by atoms with Gasteiger partial charge in [0, 0.05) is 0 Å². The molecule has 0 unspecified atom stereocenters. The molecule has 0 heterocycles. The largest absolute Gasteiger partial charge is 0.193 e. The summed E-state index contributed by atoms with van der Waals surface area (Å²) in [6, 6.07) is 3.37. The minimum Gasteiger partial charge on any atom is -0.193 e. The normalized spacial score (nSPS) is 3.00. The molecular weight excluding hydrogens is 76.1 g/mol. The van der Waals surface area contributed by atoms with E-state index in [1.54, 1.807) is 0 Å². The number of hydrogen-bond donors (Lipinski definition) is 0. The van der Waals surface area contributed by atoms with Crippen LogP contribution in [0.15, 0.2) is 0 Å². The van der Waals surface area contributed by atoms with E-state index < -0.39 is 0 Å². The van der Waals surface area contributed by atoms with Gasteiger partial charge in [-0.15, -0.1) is 0 Å². The highest BCUT2D eigenvalue weighted by atomic mass is 14.6. The maximum atomic E-state index is 7.63. The van der Waals surface area contributed by atoms with Crippen molar-refractivity contribution in [3.05, 3.63) is 11.4 Å². The van der Waals surface area contributed by atoms with Crippen molar-refractivity contribution in [3.8, 4) is 18.0 Å². The SMILES string of the molecule is [C-]#[N+]C#CC#N. The van der Waals surface area contributed by atoms with Crippen molar-refractivity contribution in [2.75, 3.05) is 0 Å². The molecule has 0 aromatic heterocycles. The van der Waals surface area contributed by atoms with Gasteiger partial charge in [0.15, 0.2) is 0 Å².